The van der Waals surface area contributed by atoms with Gasteiger partial charge in [0, 0.05) is 11.4 Å². The van der Waals surface area contributed by atoms with Gasteiger partial charge in [-0.1, -0.05) is 0 Å². The zero-order valence-corrected chi connectivity index (χ0v) is 13.1. The molecule has 1 amide bonds. The van der Waals surface area contributed by atoms with Crippen LogP contribution in [0.3, 0.4) is 0 Å². The van der Waals surface area contributed by atoms with Gasteiger partial charge in [-0.3, -0.25) is 4.79 Å². The SMILES string of the molecule is C[C@H]1OCCN[C@@H]1C(=O)Nc1nc2c(s1)CCCC2.Cl. The maximum atomic E-state index is 12.2. The third-order valence-corrected chi connectivity index (χ3v) is 4.75. The summed E-state index contributed by atoms with van der Waals surface area (Å²) in [6.45, 7) is 3.30. The third kappa shape index (κ3) is 3.31. The highest BCUT2D eigenvalue weighted by Crippen LogP contribution is 2.29. The number of aromatic nitrogens is 1. The maximum Gasteiger partial charge on any atom is 0.245 e. The molecular weight excluding hydrogens is 298 g/mol. The molecule has 5 nitrogen and oxygen atoms in total. The van der Waals surface area contributed by atoms with E-state index in [4.69, 9.17) is 4.74 Å². The zero-order valence-electron chi connectivity index (χ0n) is 11.5. The lowest BCUT2D eigenvalue weighted by molar-refractivity contribution is -0.123. The lowest BCUT2D eigenvalue weighted by Gasteiger charge is -2.28. The number of amides is 1. The Hall–Kier alpha value is -0.690. The number of nitrogens with zero attached hydrogens (tertiary/aromatic N) is 1. The number of thiazole rings is 1. The summed E-state index contributed by atoms with van der Waals surface area (Å²) in [6.07, 6.45) is 4.49. The minimum atomic E-state index is -0.283. The average Bonchev–Trinajstić information content (AvgIpc) is 2.81. The predicted molar refractivity (Wildman–Crippen MR) is 81.8 cm³/mol. The van der Waals surface area contributed by atoms with Crippen LogP contribution in [0.4, 0.5) is 5.13 Å². The number of anilines is 1. The van der Waals surface area contributed by atoms with Gasteiger partial charge < -0.3 is 15.4 Å². The molecule has 1 fully saturated rings. The average molecular weight is 318 g/mol. The topological polar surface area (TPSA) is 63.2 Å². The molecule has 7 heteroatoms. The first-order valence-electron chi connectivity index (χ1n) is 6.88. The molecule has 2 atom stereocenters. The fourth-order valence-corrected chi connectivity index (χ4v) is 3.67. The number of morpholine rings is 1. The second kappa shape index (κ2) is 6.85. The summed E-state index contributed by atoms with van der Waals surface area (Å²) in [4.78, 5) is 18.1. The molecule has 2 N–H and O–H groups in total. The maximum absolute atomic E-state index is 12.2. The van der Waals surface area contributed by atoms with Crippen LogP contribution in [-0.2, 0) is 22.4 Å². The molecule has 0 spiro atoms. The van der Waals surface area contributed by atoms with E-state index in [2.05, 4.69) is 15.6 Å². The van der Waals surface area contributed by atoms with Crippen molar-refractivity contribution in [3.05, 3.63) is 10.6 Å². The number of fused-ring (bicyclic) bond motifs is 1. The normalized spacial score (nSPS) is 25.4. The van der Waals surface area contributed by atoms with Crippen molar-refractivity contribution in [2.24, 2.45) is 0 Å². The third-order valence-electron chi connectivity index (χ3n) is 3.67. The minimum Gasteiger partial charge on any atom is -0.375 e. The summed E-state index contributed by atoms with van der Waals surface area (Å²) in [6, 6.07) is -0.283. The Bertz CT molecular complexity index is 457. The largest absolute Gasteiger partial charge is 0.375 e. The number of ether oxygens (including phenoxy) is 1. The number of aryl methyl sites for hydroxylation is 2. The molecular formula is C13H20ClN3O2S. The molecule has 0 bridgehead atoms. The summed E-state index contributed by atoms with van der Waals surface area (Å²) in [5.41, 5.74) is 1.17. The Morgan fingerprint density at radius 1 is 1.45 bits per heavy atom. The van der Waals surface area contributed by atoms with Crippen LogP contribution in [0, 0.1) is 0 Å². The highest BCUT2D eigenvalue weighted by atomic mass is 35.5. The van der Waals surface area contributed by atoms with Gasteiger partial charge >= 0.3 is 0 Å². The van der Waals surface area contributed by atoms with Crippen molar-refractivity contribution in [2.75, 3.05) is 18.5 Å². The van der Waals surface area contributed by atoms with E-state index >= 15 is 0 Å². The van der Waals surface area contributed by atoms with Gasteiger partial charge in [-0.05, 0) is 32.6 Å². The van der Waals surface area contributed by atoms with Crippen LogP contribution in [0.25, 0.3) is 0 Å². The number of rotatable bonds is 2. The van der Waals surface area contributed by atoms with Crippen LogP contribution >= 0.6 is 23.7 Å². The van der Waals surface area contributed by atoms with Crippen LogP contribution in [0.2, 0.25) is 0 Å². The van der Waals surface area contributed by atoms with Crippen molar-refractivity contribution < 1.29 is 9.53 Å². The van der Waals surface area contributed by atoms with Gasteiger partial charge in [0.05, 0.1) is 18.4 Å². The minimum absolute atomic E-state index is 0. The number of nitrogens with one attached hydrogen (secondary N) is 2. The molecule has 20 heavy (non-hydrogen) atoms. The second-order valence-electron chi connectivity index (χ2n) is 5.09. The molecule has 0 aromatic carbocycles. The van der Waals surface area contributed by atoms with Gasteiger partial charge in [0.1, 0.15) is 6.04 Å². The van der Waals surface area contributed by atoms with Crippen molar-refractivity contribution in [3.8, 4) is 0 Å². The molecule has 112 valence electrons. The van der Waals surface area contributed by atoms with Gasteiger partial charge in [0.2, 0.25) is 5.91 Å². The van der Waals surface area contributed by atoms with Crippen molar-refractivity contribution in [2.45, 2.75) is 44.8 Å². The van der Waals surface area contributed by atoms with E-state index in [0.717, 1.165) is 24.5 Å². The number of hydrogen-bond acceptors (Lipinski definition) is 5. The summed E-state index contributed by atoms with van der Waals surface area (Å²) in [5.74, 6) is -0.0432. The second-order valence-corrected chi connectivity index (χ2v) is 6.18. The summed E-state index contributed by atoms with van der Waals surface area (Å²) in [7, 11) is 0. The van der Waals surface area contributed by atoms with E-state index in [0.29, 0.717) is 6.61 Å². The van der Waals surface area contributed by atoms with E-state index in [1.54, 1.807) is 11.3 Å². The number of halogens is 1. The first-order valence-corrected chi connectivity index (χ1v) is 7.70. The quantitative estimate of drug-likeness (QED) is 0.872. The van der Waals surface area contributed by atoms with Gasteiger partial charge in [-0.15, -0.1) is 23.7 Å². The van der Waals surface area contributed by atoms with Crippen LogP contribution in [0.15, 0.2) is 0 Å². The van der Waals surface area contributed by atoms with E-state index in [1.165, 1.54) is 23.4 Å². The van der Waals surface area contributed by atoms with E-state index in [9.17, 15) is 4.79 Å². The summed E-state index contributed by atoms with van der Waals surface area (Å²) < 4.78 is 5.49. The molecule has 0 unspecified atom stereocenters. The number of hydrogen-bond donors (Lipinski definition) is 2. The van der Waals surface area contributed by atoms with Crippen molar-refractivity contribution in [3.63, 3.8) is 0 Å². The smallest absolute Gasteiger partial charge is 0.245 e. The van der Waals surface area contributed by atoms with Crippen molar-refractivity contribution >= 4 is 34.8 Å². The van der Waals surface area contributed by atoms with Crippen LogP contribution < -0.4 is 10.6 Å². The first kappa shape index (κ1) is 15.7. The van der Waals surface area contributed by atoms with Gasteiger partial charge in [0.15, 0.2) is 5.13 Å². The molecule has 1 aromatic heterocycles. The Balaban J connectivity index is 0.00000147. The highest BCUT2D eigenvalue weighted by Gasteiger charge is 2.29. The molecule has 0 saturated carbocycles. The highest BCUT2D eigenvalue weighted by molar-refractivity contribution is 7.15. The van der Waals surface area contributed by atoms with Crippen molar-refractivity contribution in [1.82, 2.24) is 10.3 Å². The monoisotopic (exact) mass is 317 g/mol. The van der Waals surface area contributed by atoms with Gasteiger partial charge in [-0.25, -0.2) is 4.98 Å². The molecule has 1 aliphatic carbocycles. The molecule has 0 radical (unpaired) electrons. The fraction of sp³-hybridized carbons (Fsp3) is 0.692. The Morgan fingerprint density at radius 2 is 2.25 bits per heavy atom. The van der Waals surface area contributed by atoms with Gasteiger partial charge in [-0.2, -0.15) is 0 Å². The van der Waals surface area contributed by atoms with Crippen LogP contribution in [0.1, 0.15) is 30.3 Å². The lowest BCUT2D eigenvalue weighted by atomic mass is 10.0. The number of carbonyl (C=O) groups excluding carboxylic acids is 1. The van der Waals surface area contributed by atoms with Crippen LogP contribution in [0.5, 0.6) is 0 Å². The first-order chi connectivity index (χ1) is 9.24. The molecule has 2 aliphatic rings. The van der Waals surface area contributed by atoms with E-state index in [-0.39, 0.29) is 30.5 Å². The lowest BCUT2D eigenvalue weighted by Crippen LogP contribution is -2.53. The summed E-state index contributed by atoms with van der Waals surface area (Å²) in [5, 5.41) is 6.85. The number of carbonyl (C=O) groups is 1. The zero-order chi connectivity index (χ0) is 13.2. The van der Waals surface area contributed by atoms with Crippen molar-refractivity contribution in [1.29, 1.82) is 0 Å². The Labute approximate surface area is 128 Å². The Kier molecular flexibility index (Phi) is 5.37. The van der Waals surface area contributed by atoms with Crippen LogP contribution in [-0.4, -0.2) is 36.2 Å². The molecule has 1 aromatic rings. The molecule has 1 aliphatic heterocycles. The van der Waals surface area contributed by atoms with Gasteiger partial charge in [0.25, 0.3) is 0 Å². The predicted octanol–water partition coefficient (Wildman–Crippen LogP) is 1.76. The summed E-state index contributed by atoms with van der Waals surface area (Å²) >= 11 is 1.62. The fourth-order valence-electron chi connectivity index (χ4n) is 2.62. The molecule has 3 rings (SSSR count). The standard InChI is InChI=1S/C13H19N3O2S.ClH/c1-8-11(14-6-7-18-8)12(17)16-13-15-9-4-2-3-5-10(9)19-13;/h8,11,14H,2-7H2,1H3,(H,15,16,17);1H/t8-,11+;/m1./s1. The molecule has 2 heterocycles. The van der Waals surface area contributed by atoms with E-state index in [1.807, 2.05) is 6.92 Å². The van der Waals surface area contributed by atoms with E-state index < -0.39 is 0 Å². The molecule has 1 saturated heterocycles. The Morgan fingerprint density at radius 3 is 3.00 bits per heavy atom.